The number of hydrogen-bond donors (Lipinski definition) is 1. The third kappa shape index (κ3) is 2.58. The van der Waals surface area contributed by atoms with E-state index in [4.69, 9.17) is 5.11 Å². The number of carboxylic acid groups (broad SMARTS) is 1. The number of aliphatic carboxylic acids is 1. The molecule has 14 heavy (non-hydrogen) atoms. The number of hydrogen-bond acceptors (Lipinski definition) is 3. The van der Waals surface area contributed by atoms with Crippen molar-refractivity contribution < 1.29 is 19.4 Å². The maximum atomic E-state index is 11.3. The number of carbonyl (C=O) groups is 2. The highest BCUT2D eigenvalue weighted by atomic mass is 16.5. The van der Waals surface area contributed by atoms with E-state index in [9.17, 15) is 9.59 Å². The zero-order valence-corrected chi connectivity index (χ0v) is 8.16. The highest BCUT2D eigenvalue weighted by molar-refractivity contribution is 5.96. The molecule has 1 N–H and O–H groups in total. The molecule has 0 amide bonds. The van der Waals surface area contributed by atoms with E-state index >= 15 is 0 Å². The highest BCUT2D eigenvalue weighted by Crippen LogP contribution is 2.31. The summed E-state index contributed by atoms with van der Waals surface area (Å²) in [7, 11) is 1.27. The van der Waals surface area contributed by atoms with Gasteiger partial charge in [0.1, 0.15) is 0 Å². The van der Waals surface area contributed by atoms with Crippen molar-refractivity contribution in [3.8, 4) is 0 Å². The molecular weight excluding hydrogens is 184 g/mol. The van der Waals surface area contributed by atoms with E-state index in [0.29, 0.717) is 5.57 Å². The van der Waals surface area contributed by atoms with E-state index in [2.05, 4.69) is 4.74 Å². The summed E-state index contributed by atoms with van der Waals surface area (Å²) in [5.74, 6) is -1.53. The quantitative estimate of drug-likeness (QED) is 0.549. The monoisotopic (exact) mass is 198 g/mol. The molecule has 0 radical (unpaired) electrons. The van der Waals surface area contributed by atoms with Crippen LogP contribution < -0.4 is 0 Å². The van der Waals surface area contributed by atoms with Crippen LogP contribution in [-0.2, 0) is 14.3 Å². The van der Waals surface area contributed by atoms with Gasteiger partial charge < -0.3 is 9.84 Å². The maximum Gasteiger partial charge on any atom is 0.334 e. The molecule has 1 fully saturated rings. The molecule has 0 aliphatic heterocycles. The lowest BCUT2D eigenvalue weighted by atomic mass is 9.97. The van der Waals surface area contributed by atoms with Gasteiger partial charge >= 0.3 is 11.9 Å². The number of esters is 1. The molecular formula is C10H14O4. The van der Waals surface area contributed by atoms with Gasteiger partial charge in [-0.25, -0.2) is 9.59 Å². The Bertz CT molecular complexity index is 261. The topological polar surface area (TPSA) is 63.6 Å². The molecule has 0 atom stereocenters. The van der Waals surface area contributed by atoms with Crippen molar-refractivity contribution in [1.82, 2.24) is 0 Å². The van der Waals surface area contributed by atoms with Crippen LogP contribution in [0.25, 0.3) is 0 Å². The minimum atomic E-state index is -1.09. The molecule has 0 unspecified atom stereocenters. The van der Waals surface area contributed by atoms with Crippen molar-refractivity contribution >= 4 is 11.9 Å². The smallest absolute Gasteiger partial charge is 0.334 e. The third-order valence-corrected chi connectivity index (χ3v) is 2.50. The molecule has 0 aromatic heterocycles. The van der Waals surface area contributed by atoms with Gasteiger partial charge in [-0.05, 0) is 18.8 Å². The van der Waals surface area contributed by atoms with Gasteiger partial charge in [-0.2, -0.15) is 0 Å². The largest absolute Gasteiger partial charge is 0.478 e. The summed E-state index contributed by atoms with van der Waals surface area (Å²) in [4.78, 5) is 21.8. The number of ether oxygens (including phenoxy) is 1. The molecule has 78 valence electrons. The van der Waals surface area contributed by atoms with Crippen LogP contribution in [0.1, 0.15) is 25.7 Å². The SMILES string of the molecule is COC(=O)/C(=C\C(=O)O)C1CCCC1. The molecule has 0 aromatic rings. The molecule has 0 heterocycles. The van der Waals surface area contributed by atoms with Gasteiger partial charge in [-0.1, -0.05) is 12.8 Å². The van der Waals surface area contributed by atoms with Crippen LogP contribution in [0.5, 0.6) is 0 Å². The van der Waals surface area contributed by atoms with Crippen LogP contribution >= 0.6 is 0 Å². The van der Waals surface area contributed by atoms with E-state index in [1.807, 2.05) is 0 Å². The van der Waals surface area contributed by atoms with Crippen molar-refractivity contribution in [3.05, 3.63) is 11.6 Å². The van der Waals surface area contributed by atoms with Crippen molar-refractivity contribution in [2.24, 2.45) is 5.92 Å². The van der Waals surface area contributed by atoms with Crippen LogP contribution in [0.15, 0.2) is 11.6 Å². The minimum absolute atomic E-state index is 0.0681. The minimum Gasteiger partial charge on any atom is -0.478 e. The number of carboxylic acids is 1. The van der Waals surface area contributed by atoms with Crippen LogP contribution in [0.2, 0.25) is 0 Å². The van der Waals surface area contributed by atoms with Crippen molar-refractivity contribution in [3.63, 3.8) is 0 Å². The number of methoxy groups -OCH3 is 1. The summed E-state index contributed by atoms with van der Waals surface area (Å²) >= 11 is 0. The van der Waals surface area contributed by atoms with Crippen LogP contribution in [-0.4, -0.2) is 24.2 Å². The van der Waals surface area contributed by atoms with E-state index in [1.54, 1.807) is 0 Å². The average Bonchev–Trinajstić information content (AvgIpc) is 2.65. The third-order valence-electron chi connectivity index (χ3n) is 2.50. The fourth-order valence-electron chi connectivity index (χ4n) is 1.83. The van der Waals surface area contributed by atoms with E-state index in [-0.39, 0.29) is 5.92 Å². The maximum absolute atomic E-state index is 11.3. The molecule has 1 saturated carbocycles. The normalized spacial score (nSPS) is 18.2. The zero-order valence-electron chi connectivity index (χ0n) is 8.16. The molecule has 0 saturated heterocycles. The van der Waals surface area contributed by atoms with Crippen molar-refractivity contribution in [2.45, 2.75) is 25.7 Å². The molecule has 4 nitrogen and oxygen atoms in total. The van der Waals surface area contributed by atoms with E-state index in [0.717, 1.165) is 31.8 Å². The lowest BCUT2D eigenvalue weighted by Gasteiger charge is -2.10. The first-order valence-corrected chi connectivity index (χ1v) is 4.68. The van der Waals surface area contributed by atoms with Crippen LogP contribution in [0.3, 0.4) is 0 Å². The fraction of sp³-hybridized carbons (Fsp3) is 0.600. The Balaban J connectivity index is 2.80. The Kier molecular flexibility index (Phi) is 3.68. The molecule has 1 aliphatic carbocycles. The van der Waals surface area contributed by atoms with E-state index < -0.39 is 11.9 Å². The second kappa shape index (κ2) is 4.79. The Morgan fingerprint density at radius 3 is 2.36 bits per heavy atom. The first kappa shape index (κ1) is 10.8. The predicted molar refractivity (Wildman–Crippen MR) is 49.7 cm³/mol. The van der Waals surface area contributed by atoms with Gasteiger partial charge in [0.2, 0.25) is 0 Å². The summed E-state index contributed by atoms with van der Waals surface area (Å²) < 4.78 is 4.56. The summed E-state index contributed by atoms with van der Waals surface area (Å²) in [6, 6.07) is 0. The first-order chi connectivity index (χ1) is 6.65. The number of rotatable bonds is 3. The Labute approximate surface area is 82.6 Å². The zero-order chi connectivity index (χ0) is 10.6. The first-order valence-electron chi connectivity index (χ1n) is 4.68. The van der Waals surface area contributed by atoms with Gasteiger partial charge in [0.25, 0.3) is 0 Å². The Morgan fingerprint density at radius 2 is 1.93 bits per heavy atom. The van der Waals surface area contributed by atoms with Gasteiger partial charge in [0.05, 0.1) is 7.11 Å². The molecule has 0 spiro atoms. The standard InChI is InChI=1S/C10H14O4/c1-14-10(13)8(6-9(11)12)7-4-2-3-5-7/h6-7H,2-5H2,1H3,(H,11,12)/b8-6-. The van der Waals surface area contributed by atoms with Crippen LogP contribution in [0, 0.1) is 5.92 Å². The van der Waals surface area contributed by atoms with E-state index in [1.165, 1.54) is 7.11 Å². The van der Waals surface area contributed by atoms with Gasteiger partial charge in [0.15, 0.2) is 0 Å². The van der Waals surface area contributed by atoms with Gasteiger partial charge in [-0.3, -0.25) is 0 Å². The second-order valence-electron chi connectivity index (χ2n) is 3.41. The average molecular weight is 198 g/mol. The van der Waals surface area contributed by atoms with Gasteiger partial charge in [-0.15, -0.1) is 0 Å². The molecule has 0 bridgehead atoms. The summed E-state index contributed by atoms with van der Waals surface area (Å²) in [5, 5.41) is 8.60. The Morgan fingerprint density at radius 1 is 1.36 bits per heavy atom. The Hall–Kier alpha value is -1.32. The highest BCUT2D eigenvalue weighted by Gasteiger charge is 2.25. The molecule has 1 rings (SSSR count). The van der Waals surface area contributed by atoms with Crippen molar-refractivity contribution in [1.29, 1.82) is 0 Å². The summed E-state index contributed by atoms with van der Waals surface area (Å²) in [6.45, 7) is 0. The van der Waals surface area contributed by atoms with Gasteiger partial charge in [0, 0.05) is 11.6 Å². The van der Waals surface area contributed by atoms with Crippen LogP contribution in [0.4, 0.5) is 0 Å². The fourth-order valence-corrected chi connectivity index (χ4v) is 1.83. The molecule has 1 aliphatic rings. The lowest BCUT2D eigenvalue weighted by Crippen LogP contribution is -2.14. The second-order valence-corrected chi connectivity index (χ2v) is 3.41. The molecule has 0 aromatic carbocycles. The predicted octanol–water partition coefficient (Wildman–Crippen LogP) is 1.36. The summed E-state index contributed by atoms with van der Waals surface area (Å²) in [6.07, 6.45) is 4.85. The lowest BCUT2D eigenvalue weighted by molar-refractivity contribution is -0.138. The molecule has 4 heteroatoms. The van der Waals surface area contributed by atoms with Crippen molar-refractivity contribution in [2.75, 3.05) is 7.11 Å². The number of carbonyl (C=O) groups excluding carboxylic acids is 1. The summed E-state index contributed by atoms with van der Waals surface area (Å²) in [5.41, 5.74) is 0.303.